The maximum absolute atomic E-state index is 13.5. The largest absolute Gasteiger partial charge is 0.472 e. The summed E-state index contributed by atoms with van der Waals surface area (Å²) in [6, 6.07) is -0.865. The summed E-state index contributed by atoms with van der Waals surface area (Å²) in [5, 5.41) is 3.03. The normalized spacial score (nSPS) is 14.3. The van der Waals surface area contributed by atoms with Crippen molar-refractivity contribution >= 4 is 19.7 Å². The Balaban J connectivity index is 5.41. The minimum atomic E-state index is -4.45. The molecule has 0 heterocycles. The fraction of sp³-hybridized carbons (Fsp3) is 0.793. The third kappa shape index (κ3) is 48.7. The number of nitrogens with one attached hydrogen (secondary N) is 1. The molecule has 0 aliphatic rings. The molecule has 0 fully saturated rings. The van der Waals surface area contributed by atoms with Crippen LogP contribution in [0.1, 0.15) is 245 Å². The van der Waals surface area contributed by atoms with E-state index in [1.807, 2.05) is 33.3 Å². The van der Waals surface area contributed by atoms with Crippen LogP contribution in [0.25, 0.3) is 0 Å². The molecule has 0 rings (SSSR count). The zero-order valence-electron chi connectivity index (χ0n) is 45.1. The molecule has 0 spiro atoms. The summed E-state index contributed by atoms with van der Waals surface area (Å²) in [5.74, 6) is -0.550. The van der Waals surface area contributed by atoms with Crippen molar-refractivity contribution < 1.29 is 37.3 Å². The summed E-state index contributed by atoms with van der Waals surface area (Å²) in [6.07, 6.45) is 59.3. The number of unbranched alkanes of at least 4 members (excludes halogenated alkanes) is 26. The number of nitrogens with zero attached hydrogens (tertiary/aromatic N) is 1. The summed E-state index contributed by atoms with van der Waals surface area (Å²) in [6.45, 7) is 6.94. The van der Waals surface area contributed by atoms with Crippen LogP contribution in [0.3, 0.4) is 0 Å². The van der Waals surface area contributed by atoms with Crippen molar-refractivity contribution in [3.63, 3.8) is 0 Å². The fourth-order valence-electron chi connectivity index (χ4n) is 7.76. The molecule has 1 amide bonds. The second-order valence-corrected chi connectivity index (χ2v) is 21.6. The van der Waals surface area contributed by atoms with Gasteiger partial charge in [-0.05, 0) is 96.0 Å². The van der Waals surface area contributed by atoms with Gasteiger partial charge in [0.15, 0.2) is 0 Å². The number of allylic oxidation sites excluding steroid dienone is 9. The topological polar surface area (TPSA) is 111 Å². The van der Waals surface area contributed by atoms with Gasteiger partial charge in [0.05, 0.1) is 33.8 Å². The van der Waals surface area contributed by atoms with Gasteiger partial charge in [-0.25, -0.2) is 4.57 Å². The Morgan fingerprint density at radius 3 is 1.40 bits per heavy atom. The highest BCUT2D eigenvalue weighted by atomic mass is 31.2. The molecule has 0 radical (unpaired) electrons. The SMILES string of the molecule is CCCCC/C=C\C/C=C\C/C=C\CCCCCCC(=O)NC(COP(=O)(O)OCC[N+](C)(C)C)C(/C=C/CCCCCCCCCCC)OC(=O)CCCCC/C=C\CCCCCCCCC. The Kier molecular flexibility index (Phi) is 46.7. The number of phosphoric ester groups is 1. The predicted octanol–water partition coefficient (Wildman–Crippen LogP) is 16.7. The summed E-state index contributed by atoms with van der Waals surface area (Å²) in [7, 11) is 1.47. The van der Waals surface area contributed by atoms with Gasteiger partial charge in [0.1, 0.15) is 19.3 Å². The molecule has 0 aliphatic carbocycles. The van der Waals surface area contributed by atoms with Crippen LogP contribution in [-0.2, 0) is 27.9 Å². The number of ether oxygens (including phenoxy) is 1. The van der Waals surface area contributed by atoms with Gasteiger partial charge in [-0.2, -0.15) is 0 Å². The Morgan fingerprint density at radius 2 is 0.897 bits per heavy atom. The minimum absolute atomic E-state index is 0.0321. The molecule has 3 atom stereocenters. The number of quaternary nitrogens is 1. The van der Waals surface area contributed by atoms with Gasteiger partial charge >= 0.3 is 13.8 Å². The molecule has 396 valence electrons. The maximum Gasteiger partial charge on any atom is 0.472 e. The number of likely N-dealkylation sites (N-methyl/N-ethyl adjacent to an activating group) is 1. The highest BCUT2D eigenvalue weighted by molar-refractivity contribution is 7.47. The number of carbonyl (C=O) groups is 2. The Morgan fingerprint density at radius 1 is 0.515 bits per heavy atom. The zero-order chi connectivity index (χ0) is 50.1. The second-order valence-electron chi connectivity index (χ2n) is 20.1. The first-order chi connectivity index (χ1) is 32.9. The number of hydrogen-bond donors (Lipinski definition) is 2. The van der Waals surface area contributed by atoms with Crippen LogP contribution < -0.4 is 5.32 Å². The smallest absolute Gasteiger partial charge is 0.456 e. The average molecular weight is 976 g/mol. The third-order valence-corrected chi connectivity index (χ3v) is 13.2. The van der Waals surface area contributed by atoms with Crippen LogP contribution in [0.5, 0.6) is 0 Å². The van der Waals surface area contributed by atoms with E-state index in [1.54, 1.807) is 0 Å². The van der Waals surface area contributed by atoms with Gasteiger partial charge in [-0.3, -0.25) is 18.6 Å². The van der Waals surface area contributed by atoms with Crippen LogP contribution in [0.15, 0.2) is 60.8 Å². The lowest BCUT2D eigenvalue weighted by atomic mass is 10.1. The molecular weight excluding hydrogens is 868 g/mol. The van der Waals surface area contributed by atoms with Crippen molar-refractivity contribution in [1.82, 2.24) is 5.32 Å². The monoisotopic (exact) mass is 976 g/mol. The molecule has 0 aromatic heterocycles. The first-order valence-corrected chi connectivity index (χ1v) is 29.6. The Labute approximate surface area is 420 Å². The minimum Gasteiger partial charge on any atom is -0.456 e. The zero-order valence-corrected chi connectivity index (χ0v) is 46.0. The van der Waals surface area contributed by atoms with Crippen molar-refractivity contribution in [3.05, 3.63) is 60.8 Å². The molecule has 0 aromatic rings. The van der Waals surface area contributed by atoms with E-state index in [0.29, 0.717) is 23.9 Å². The van der Waals surface area contributed by atoms with E-state index >= 15 is 0 Å². The van der Waals surface area contributed by atoms with E-state index in [4.69, 9.17) is 13.8 Å². The highest BCUT2D eigenvalue weighted by Crippen LogP contribution is 2.43. The van der Waals surface area contributed by atoms with E-state index in [1.165, 1.54) is 116 Å². The fourth-order valence-corrected chi connectivity index (χ4v) is 8.50. The number of phosphoric acid groups is 1. The molecule has 2 N–H and O–H groups in total. The summed E-state index contributed by atoms with van der Waals surface area (Å²) in [5.41, 5.74) is 0. The van der Waals surface area contributed by atoms with Crippen LogP contribution in [0, 0.1) is 0 Å². The van der Waals surface area contributed by atoms with E-state index < -0.39 is 20.0 Å². The summed E-state index contributed by atoms with van der Waals surface area (Å²) < 4.78 is 30.5. The predicted molar refractivity (Wildman–Crippen MR) is 291 cm³/mol. The molecule has 0 saturated carbocycles. The lowest BCUT2D eigenvalue weighted by Crippen LogP contribution is -2.47. The molecule has 0 bridgehead atoms. The Bertz CT molecular complexity index is 1350. The molecular formula is C58H108N2O7P+. The van der Waals surface area contributed by atoms with Crippen LogP contribution in [0.4, 0.5) is 0 Å². The molecule has 9 nitrogen and oxygen atoms in total. The van der Waals surface area contributed by atoms with E-state index in [-0.39, 0.29) is 31.5 Å². The van der Waals surface area contributed by atoms with Crippen molar-refractivity contribution in [2.75, 3.05) is 40.9 Å². The number of rotatable bonds is 50. The lowest BCUT2D eigenvalue weighted by molar-refractivity contribution is -0.870. The number of amides is 1. The molecule has 0 saturated heterocycles. The number of carbonyl (C=O) groups excluding carboxylic acids is 2. The van der Waals surface area contributed by atoms with Gasteiger partial charge in [-0.1, -0.05) is 197 Å². The van der Waals surface area contributed by atoms with Crippen LogP contribution in [0.2, 0.25) is 0 Å². The second kappa shape index (κ2) is 48.3. The van der Waals surface area contributed by atoms with E-state index in [0.717, 1.165) is 89.9 Å². The van der Waals surface area contributed by atoms with Gasteiger partial charge in [-0.15, -0.1) is 0 Å². The Hall–Kier alpha value is -2.29. The molecule has 68 heavy (non-hydrogen) atoms. The van der Waals surface area contributed by atoms with Gasteiger partial charge < -0.3 is 19.4 Å². The van der Waals surface area contributed by atoms with Crippen LogP contribution >= 0.6 is 7.82 Å². The third-order valence-electron chi connectivity index (χ3n) is 12.2. The molecule has 10 heteroatoms. The summed E-state index contributed by atoms with van der Waals surface area (Å²) >= 11 is 0. The van der Waals surface area contributed by atoms with Gasteiger partial charge in [0.2, 0.25) is 5.91 Å². The quantitative estimate of drug-likeness (QED) is 0.0205. The van der Waals surface area contributed by atoms with E-state index in [9.17, 15) is 19.0 Å². The standard InChI is InChI=1S/C58H107N2O7P/c1-7-10-13-16-19-22-25-27-29-30-31-32-35-38-41-44-47-50-57(61)59-55(54-66-68(63,64)65-53-52-60(4,5)6)56(49-46-43-40-37-34-24-21-18-15-12-9-3)67-58(62)51-48-45-42-39-36-33-28-26-23-20-17-14-11-8-2/h19,22,27,29,31-33,36,46,49,55-56H,7-18,20-21,23-26,28,30,34-35,37-45,47-48,50-54H2,1-6H3,(H-,59,61,63,64)/p+1/b22-19-,29-27-,32-31-,36-33-,49-46+. The van der Waals surface area contributed by atoms with E-state index in [2.05, 4.69) is 74.7 Å². The maximum atomic E-state index is 13.5. The van der Waals surface area contributed by atoms with Gasteiger partial charge in [0.25, 0.3) is 0 Å². The molecule has 3 unspecified atom stereocenters. The number of esters is 1. The average Bonchev–Trinajstić information content (AvgIpc) is 3.29. The van der Waals surface area contributed by atoms with Gasteiger partial charge in [0, 0.05) is 12.8 Å². The lowest BCUT2D eigenvalue weighted by Gasteiger charge is -2.27. The first kappa shape index (κ1) is 65.7. The van der Waals surface area contributed by atoms with Crippen molar-refractivity contribution in [2.24, 2.45) is 0 Å². The number of hydrogen-bond acceptors (Lipinski definition) is 6. The van der Waals surface area contributed by atoms with Crippen molar-refractivity contribution in [1.29, 1.82) is 0 Å². The van der Waals surface area contributed by atoms with Crippen LogP contribution in [-0.4, -0.2) is 74.3 Å². The highest BCUT2D eigenvalue weighted by Gasteiger charge is 2.30. The summed E-state index contributed by atoms with van der Waals surface area (Å²) in [4.78, 5) is 37.5. The van der Waals surface area contributed by atoms with Crippen molar-refractivity contribution in [3.8, 4) is 0 Å². The first-order valence-electron chi connectivity index (χ1n) is 28.1. The van der Waals surface area contributed by atoms with Crippen molar-refractivity contribution in [2.45, 2.75) is 258 Å². The molecule has 0 aliphatic heterocycles. The molecule has 0 aromatic carbocycles.